The Morgan fingerprint density at radius 1 is 1.50 bits per heavy atom. The van der Waals surface area contributed by atoms with E-state index in [-0.39, 0.29) is 5.91 Å². The van der Waals surface area contributed by atoms with Crippen LogP contribution in [0.25, 0.3) is 6.08 Å². The van der Waals surface area contributed by atoms with Crippen molar-refractivity contribution in [2.24, 2.45) is 5.92 Å². The average Bonchev–Trinajstić information content (AvgIpc) is 2.65. The number of carbonyl (C=O) groups excluding carboxylic acids is 1. The summed E-state index contributed by atoms with van der Waals surface area (Å²) in [6.45, 7) is 4.73. The Bertz CT molecular complexity index is 661. The van der Waals surface area contributed by atoms with Crippen LogP contribution in [0.2, 0.25) is 5.02 Å². The molecule has 0 unspecified atom stereocenters. The molecule has 0 atom stereocenters. The molecule has 1 aliphatic rings. The summed E-state index contributed by atoms with van der Waals surface area (Å²) in [6, 6.07) is 3.61. The molecule has 22 heavy (non-hydrogen) atoms. The van der Waals surface area contributed by atoms with E-state index in [0.717, 1.165) is 10.0 Å². The number of methoxy groups -OCH3 is 1. The first-order chi connectivity index (χ1) is 10.3. The van der Waals surface area contributed by atoms with Gasteiger partial charge < -0.3 is 4.74 Å². The summed E-state index contributed by atoms with van der Waals surface area (Å²) in [5.74, 6) is 0.831. The number of amides is 1. The van der Waals surface area contributed by atoms with E-state index in [4.69, 9.17) is 28.6 Å². The fourth-order valence-electron chi connectivity index (χ4n) is 2.07. The van der Waals surface area contributed by atoms with Crippen molar-refractivity contribution in [3.8, 4) is 5.75 Å². The molecule has 0 N–H and O–H groups in total. The van der Waals surface area contributed by atoms with Crippen molar-refractivity contribution >= 4 is 67.8 Å². The minimum absolute atomic E-state index is 0.0677. The number of halogens is 2. The lowest BCUT2D eigenvalue weighted by molar-refractivity contribution is -0.122. The van der Waals surface area contributed by atoms with E-state index in [1.54, 1.807) is 24.2 Å². The van der Waals surface area contributed by atoms with Crippen molar-refractivity contribution in [3.63, 3.8) is 0 Å². The minimum Gasteiger partial charge on any atom is -0.495 e. The molecule has 0 saturated carbocycles. The van der Waals surface area contributed by atoms with Gasteiger partial charge in [0, 0.05) is 16.6 Å². The number of hydrogen-bond donors (Lipinski definition) is 0. The van der Waals surface area contributed by atoms with Gasteiger partial charge in [-0.2, -0.15) is 0 Å². The molecule has 7 heteroatoms. The summed E-state index contributed by atoms with van der Waals surface area (Å²) in [4.78, 5) is 14.7. The first kappa shape index (κ1) is 17.8. The number of benzene rings is 1. The van der Waals surface area contributed by atoms with Crippen molar-refractivity contribution < 1.29 is 9.53 Å². The molecule has 1 amide bonds. The van der Waals surface area contributed by atoms with Gasteiger partial charge in [-0.15, -0.1) is 0 Å². The predicted molar refractivity (Wildman–Crippen MR) is 100 cm³/mol. The topological polar surface area (TPSA) is 29.5 Å². The van der Waals surface area contributed by atoms with Crippen LogP contribution in [0.3, 0.4) is 0 Å². The van der Waals surface area contributed by atoms with Crippen LogP contribution < -0.4 is 4.74 Å². The number of thiocarbonyl (C=S) groups is 1. The van der Waals surface area contributed by atoms with E-state index < -0.39 is 0 Å². The fraction of sp³-hybridized carbons (Fsp3) is 0.333. The normalized spacial score (nSPS) is 17.0. The van der Waals surface area contributed by atoms with E-state index in [9.17, 15) is 4.79 Å². The molecule has 1 heterocycles. The molecular formula is C15H15BrClNO2S2. The zero-order valence-electron chi connectivity index (χ0n) is 12.4. The average molecular weight is 421 g/mol. The van der Waals surface area contributed by atoms with Gasteiger partial charge in [-0.1, -0.05) is 65.4 Å². The molecule has 0 bridgehead atoms. The van der Waals surface area contributed by atoms with Gasteiger partial charge in [0.2, 0.25) is 0 Å². The molecule has 0 aliphatic carbocycles. The second-order valence-electron chi connectivity index (χ2n) is 5.20. The molecule has 1 fully saturated rings. The van der Waals surface area contributed by atoms with Gasteiger partial charge in [0.05, 0.1) is 17.0 Å². The molecule has 0 radical (unpaired) electrons. The van der Waals surface area contributed by atoms with Crippen molar-refractivity contribution in [2.45, 2.75) is 13.8 Å². The summed E-state index contributed by atoms with van der Waals surface area (Å²) in [7, 11) is 1.55. The van der Waals surface area contributed by atoms with E-state index in [0.29, 0.717) is 32.5 Å². The molecule has 2 rings (SSSR count). The monoisotopic (exact) mass is 419 g/mol. The smallest absolute Gasteiger partial charge is 0.266 e. The van der Waals surface area contributed by atoms with Crippen LogP contribution >= 0.6 is 51.5 Å². The zero-order valence-corrected chi connectivity index (χ0v) is 16.3. The highest BCUT2D eigenvalue weighted by molar-refractivity contribution is 9.10. The second kappa shape index (κ2) is 7.34. The third-order valence-electron chi connectivity index (χ3n) is 2.95. The van der Waals surface area contributed by atoms with Crippen LogP contribution in [0, 0.1) is 5.92 Å². The van der Waals surface area contributed by atoms with Gasteiger partial charge in [0.1, 0.15) is 10.1 Å². The van der Waals surface area contributed by atoms with Crippen molar-refractivity contribution in [1.82, 2.24) is 4.90 Å². The highest BCUT2D eigenvalue weighted by Gasteiger charge is 2.32. The molecule has 0 aromatic heterocycles. The molecule has 1 aromatic rings. The minimum atomic E-state index is -0.0677. The number of rotatable bonds is 4. The Morgan fingerprint density at radius 3 is 2.77 bits per heavy atom. The van der Waals surface area contributed by atoms with Crippen LogP contribution in [0.15, 0.2) is 21.5 Å². The summed E-state index contributed by atoms with van der Waals surface area (Å²) in [5.41, 5.74) is 0.743. The van der Waals surface area contributed by atoms with E-state index in [1.807, 2.05) is 6.07 Å². The maximum Gasteiger partial charge on any atom is 0.266 e. The highest BCUT2D eigenvalue weighted by Crippen LogP contribution is 2.38. The van der Waals surface area contributed by atoms with Crippen LogP contribution in [0.1, 0.15) is 19.4 Å². The largest absolute Gasteiger partial charge is 0.495 e. The van der Waals surface area contributed by atoms with Crippen molar-refractivity contribution in [2.75, 3.05) is 13.7 Å². The predicted octanol–water partition coefficient (Wildman–Crippen LogP) is 4.97. The maximum atomic E-state index is 12.5. The molecule has 118 valence electrons. The number of hydrogen-bond acceptors (Lipinski definition) is 4. The number of ether oxygens (including phenoxy) is 1. The number of carbonyl (C=O) groups is 1. The van der Waals surface area contributed by atoms with Gasteiger partial charge in [0.25, 0.3) is 5.91 Å². The van der Waals surface area contributed by atoms with E-state index in [2.05, 4.69) is 29.8 Å². The van der Waals surface area contributed by atoms with Crippen molar-refractivity contribution in [1.29, 1.82) is 0 Å². The summed E-state index contributed by atoms with van der Waals surface area (Å²) >= 11 is 16.2. The molecule has 1 aromatic carbocycles. The van der Waals surface area contributed by atoms with Crippen LogP contribution in [0.5, 0.6) is 5.75 Å². The lowest BCUT2D eigenvalue weighted by Crippen LogP contribution is -2.31. The first-order valence-electron chi connectivity index (χ1n) is 6.62. The van der Waals surface area contributed by atoms with Gasteiger partial charge in [-0.25, -0.2) is 0 Å². The highest BCUT2D eigenvalue weighted by atomic mass is 79.9. The van der Waals surface area contributed by atoms with Crippen LogP contribution in [-0.2, 0) is 4.79 Å². The standard InChI is InChI=1S/C15H15BrClNO2S2/c1-8(2)7-18-14(19)12(22-15(18)21)5-9-4-10(16)6-11(17)13(9)20-3/h4-6,8H,7H2,1-3H3/b12-5-. The van der Waals surface area contributed by atoms with Gasteiger partial charge >= 0.3 is 0 Å². The Hall–Kier alpha value is -0.560. The summed E-state index contributed by atoms with van der Waals surface area (Å²) < 4.78 is 6.74. The SMILES string of the molecule is COc1c(Cl)cc(Br)cc1/C=C1\SC(=S)N(CC(C)C)C1=O. The quantitative estimate of drug-likeness (QED) is 0.508. The molecule has 0 spiro atoms. The lowest BCUT2D eigenvalue weighted by atomic mass is 10.1. The third-order valence-corrected chi connectivity index (χ3v) is 5.07. The van der Waals surface area contributed by atoms with E-state index >= 15 is 0 Å². The Kier molecular flexibility index (Phi) is 5.94. The Balaban J connectivity index is 2.39. The molecular weight excluding hydrogens is 406 g/mol. The summed E-state index contributed by atoms with van der Waals surface area (Å²) in [6.07, 6.45) is 1.77. The van der Waals surface area contributed by atoms with Gasteiger partial charge in [-0.05, 0) is 24.1 Å². The summed E-state index contributed by atoms with van der Waals surface area (Å²) in [5, 5.41) is 0.487. The maximum absolute atomic E-state index is 12.5. The van der Waals surface area contributed by atoms with Crippen molar-refractivity contribution in [3.05, 3.63) is 32.1 Å². The number of nitrogens with zero attached hydrogens (tertiary/aromatic N) is 1. The van der Waals surface area contributed by atoms with E-state index in [1.165, 1.54) is 11.8 Å². The number of thioether (sulfide) groups is 1. The lowest BCUT2D eigenvalue weighted by Gasteiger charge is -2.16. The van der Waals surface area contributed by atoms with Crippen LogP contribution in [0.4, 0.5) is 0 Å². The third kappa shape index (κ3) is 3.85. The Morgan fingerprint density at radius 2 is 2.18 bits per heavy atom. The first-order valence-corrected chi connectivity index (χ1v) is 9.01. The molecule has 1 saturated heterocycles. The molecule has 3 nitrogen and oxygen atoms in total. The molecule has 1 aliphatic heterocycles. The Labute approximate surface area is 153 Å². The zero-order chi connectivity index (χ0) is 16.4. The van der Waals surface area contributed by atoms with Gasteiger partial charge in [0.15, 0.2) is 0 Å². The second-order valence-corrected chi connectivity index (χ2v) is 8.19. The van der Waals surface area contributed by atoms with Crippen LogP contribution in [-0.4, -0.2) is 28.8 Å². The fourth-order valence-corrected chi connectivity index (χ4v) is 4.24. The van der Waals surface area contributed by atoms with Gasteiger partial charge in [-0.3, -0.25) is 9.69 Å².